The first-order chi connectivity index (χ1) is 9.72. The molecule has 0 amide bonds. The van der Waals surface area contributed by atoms with Crippen LogP contribution in [-0.4, -0.2) is 4.98 Å². The van der Waals surface area contributed by atoms with Crippen molar-refractivity contribution in [3.63, 3.8) is 0 Å². The average molecular weight is 263 g/mol. The van der Waals surface area contributed by atoms with E-state index in [-0.39, 0.29) is 0 Å². The van der Waals surface area contributed by atoms with Crippen LogP contribution >= 0.6 is 0 Å². The van der Waals surface area contributed by atoms with Crippen LogP contribution in [0.15, 0.2) is 54.7 Å². The Morgan fingerprint density at radius 2 is 1.85 bits per heavy atom. The third kappa shape index (κ3) is 2.57. The molecule has 0 spiro atoms. The van der Waals surface area contributed by atoms with Crippen molar-refractivity contribution in [2.75, 3.05) is 11.1 Å². The maximum Gasteiger partial charge on any atom is 0.0743 e. The van der Waals surface area contributed by atoms with Gasteiger partial charge in [-0.1, -0.05) is 29.8 Å². The van der Waals surface area contributed by atoms with Gasteiger partial charge in [0.2, 0.25) is 0 Å². The summed E-state index contributed by atoms with van der Waals surface area (Å²) in [6.07, 6.45) is 1.80. The first kappa shape index (κ1) is 12.5. The van der Waals surface area contributed by atoms with E-state index in [0.29, 0.717) is 0 Å². The van der Waals surface area contributed by atoms with Crippen molar-refractivity contribution >= 4 is 22.3 Å². The maximum atomic E-state index is 5.79. The van der Waals surface area contributed by atoms with Crippen molar-refractivity contribution in [3.8, 4) is 0 Å². The molecule has 1 heterocycles. The highest BCUT2D eigenvalue weighted by molar-refractivity contribution is 5.92. The van der Waals surface area contributed by atoms with Gasteiger partial charge in [0.25, 0.3) is 0 Å². The zero-order valence-corrected chi connectivity index (χ0v) is 11.4. The Bertz CT molecular complexity index is 733. The zero-order valence-electron chi connectivity index (χ0n) is 11.4. The van der Waals surface area contributed by atoms with Gasteiger partial charge in [-0.3, -0.25) is 4.98 Å². The number of hydrogen-bond acceptors (Lipinski definition) is 3. The van der Waals surface area contributed by atoms with E-state index in [9.17, 15) is 0 Å². The first-order valence-corrected chi connectivity index (χ1v) is 6.66. The predicted octanol–water partition coefficient (Wildman–Crippen LogP) is 3.74. The maximum absolute atomic E-state index is 5.79. The lowest BCUT2D eigenvalue weighted by atomic mass is 10.1. The number of nitrogen functional groups attached to an aromatic ring is 1. The predicted molar refractivity (Wildman–Crippen MR) is 84.7 cm³/mol. The number of nitrogens with zero attached hydrogens (tertiary/aromatic N) is 1. The molecule has 0 aliphatic carbocycles. The molecule has 20 heavy (non-hydrogen) atoms. The third-order valence-electron chi connectivity index (χ3n) is 3.37. The molecule has 0 radical (unpaired) electrons. The highest BCUT2D eigenvalue weighted by Gasteiger charge is 2.02. The van der Waals surface area contributed by atoms with E-state index in [4.69, 9.17) is 5.73 Å². The van der Waals surface area contributed by atoms with Crippen LogP contribution in [0.1, 0.15) is 11.1 Å². The van der Waals surface area contributed by atoms with Crippen LogP contribution in [0.25, 0.3) is 10.9 Å². The molecule has 0 unspecified atom stereocenters. The molecule has 3 nitrogen and oxygen atoms in total. The Hall–Kier alpha value is -2.55. The van der Waals surface area contributed by atoms with Gasteiger partial charge in [-0.05, 0) is 36.8 Å². The van der Waals surface area contributed by atoms with Crippen LogP contribution in [0, 0.1) is 6.92 Å². The summed E-state index contributed by atoms with van der Waals surface area (Å²) < 4.78 is 0. The summed E-state index contributed by atoms with van der Waals surface area (Å²) in [5.41, 5.74) is 11.1. The lowest BCUT2D eigenvalue weighted by Gasteiger charge is -2.10. The number of pyridine rings is 1. The van der Waals surface area contributed by atoms with E-state index in [0.717, 1.165) is 28.8 Å². The average Bonchev–Trinajstić information content (AvgIpc) is 2.46. The Kier molecular flexibility index (Phi) is 3.25. The highest BCUT2D eigenvalue weighted by atomic mass is 14.9. The minimum Gasteiger partial charge on any atom is -0.399 e. The number of nitrogens with one attached hydrogen (secondary N) is 1. The summed E-state index contributed by atoms with van der Waals surface area (Å²) in [5.74, 6) is 0. The minimum atomic E-state index is 0.737. The number of aryl methyl sites for hydroxylation is 1. The number of anilines is 2. The highest BCUT2D eigenvalue weighted by Crippen LogP contribution is 2.23. The van der Waals surface area contributed by atoms with E-state index >= 15 is 0 Å². The monoisotopic (exact) mass is 263 g/mol. The number of rotatable bonds is 3. The van der Waals surface area contributed by atoms with Crippen LogP contribution in [0.4, 0.5) is 11.4 Å². The molecular formula is C17H17N3. The zero-order chi connectivity index (χ0) is 13.9. The van der Waals surface area contributed by atoms with Crippen LogP contribution in [-0.2, 0) is 6.54 Å². The Morgan fingerprint density at radius 3 is 2.65 bits per heavy atom. The lowest BCUT2D eigenvalue weighted by molar-refractivity contribution is 1.15. The van der Waals surface area contributed by atoms with Crippen molar-refractivity contribution in [3.05, 3.63) is 65.9 Å². The van der Waals surface area contributed by atoms with E-state index in [1.165, 1.54) is 11.1 Å². The Balaban J connectivity index is 1.85. The molecule has 100 valence electrons. The Labute approximate surface area is 118 Å². The molecule has 0 fully saturated rings. The van der Waals surface area contributed by atoms with Crippen LogP contribution in [0.5, 0.6) is 0 Å². The minimum absolute atomic E-state index is 0.737. The second kappa shape index (κ2) is 5.21. The SMILES string of the molecule is Cc1ccc(CNc2ccnc3cc(N)ccc23)cc1. The standard InChI is InChI=1S/C17H17N3/c1-12-2-4-13(5-3-12)11-20-16-8-9-19-17-10-14(18)6-7-15(16)17/h2-10H,11,18H2,1H3,(H,19,20). The van der Waals surface area contributed by atoms with Crippen LogP contribution in [0.3, 0.4) is 0 Å². The van der Waals surface area contributed by atoms with Crippen molar-refractivity contribution in [2.24, 2.45) is 0 Å². The molecule has 0 atom stereocenters. The molecule has 2 aromatic carbocycles. The van der Waals surface area contributed by atoms with Gasteiger partial charge in [-0.15, -0.1) is 0 Å². The summed E-state index contributed by atoms with van der Waals surface area (Å²) >= 11 is 0. The molecule has 1 aromatic heterocycles. The van der Waals surface area contributed by atoms with Gasteiger partial charge in [0.15, 0.2) is 0 Å². The topological polar surface area (TPSA) is 50.9 Å². The second-order valence-electron chi connectivity index (χ2n) is 4.97. The molecule has 0 aliphatic heterocycles. The lowest BCUT2D eigenvalue weighted by Crippen LogP contribution is -2.00. The molecule has 0 aliphatic rings. The van der Waals surface area contributed by atoms with Gasteiger partial charge >= 0.3 is 0 Å². The quantitative estimate of drug-likeness (QED) is 0.708. The number of fused-ring (bicyclic) bond motifs is 1. The number of nitrogens with two attached hydrogens (primary N) is 1. The van der Waals surface area contributed by atoms with E-state index in [1.54, 1.807) is 6.20 Å². The number of benzene rings is 2. The van der Waals surface area contributed by atoms with Gasteiger partial charge < -0.3 is 11.1 Å². The van der Waals surface area contributed by atoms with Gasteiger partial charge in [0.1, 0.15) is 0 Å². The molecule has 0 saturated carbocycles. The molecular weight excluding hydrogens is 246 g/mol. The molecule has 3 heteroatoms. The molecule has 3 rings (SSSR count). The fourth-order valence-electron chi connectivity index (χ4n) is 2.22. The third-order valence-corrected chi connectivity index (χ3v) is 3.37. The summed E-state index contributed by atoms with van der Waals surface area (Å²) in [6.45, 7) is 2.89. The van der Waals surface area contributed by atoms with Crippen LogP contribution < -0.4 is 11.1 Å². The first-order valence-electron chi connectivity index (χ1n) is 6.66. The Morgan fingerprint density at radius 1 is 1.05 bits per heavy atom. The van der Waals surface area contributed by atoms with Gasteiger partial charge in [-0.2, -0.15) is 0 Å². The van der Waals surface area contributed by atoms with E-state index < -0.39 is 0 Å². The van der Waals surface area contributed by atoms with Crippen molar-refractivity contribution in [1.29, 1.82) is 0 Å². The smallest absolute Gasteiger partial charge is 0.0743 e. The summed E-state index contributed by atoms with van der Waals surface area (Å²) in [5, 5.41) is 4.55. The van der Waals surface area contributed by atoms with Crippen molar-refractivity contribution in [1.82, 2.24) is 4.98 Å². The molecule has 3 aromatic rings. The summed E-state index contributed by atoms with van der Waals surface area (Å²) in [7, 11) is 0. The molecule has 3 N–H and O–H groups in total. The van der Waals surface area contributed by atoms with E-state index in [1.807, 2.05) is 24.3 Å². The van der Waals surface area contributed by atoms with Crippen molar-refractivity contribution in [2.45, 2.75) is 13.5 Å². The van der Waals surface area contributed by atoms with Crippen LogP contribution in [0.2, 0.25) is 0 Å². The fraction of sp³-hybridized carbons (Fsp3) is 0.118. The molecule has 0 bridgehead atoms. The van der Waals surface area contributed by atoms with Gasteiger partial charge in [0.05, 0.1) is 5.52 Å². The molecule has 0 saturated heterocycles. The summed E-state index contributed by atoms with van der Waals surface area (Å²) in [4.78, 5) is 4.35. The van der Waals surface area contributed by atoms with Gasteiger partial charge in [-0.25, -0.2) is 0 Å². The normalized spacial score (nSPS) is 10.7. The van der Waals surface area contributed by atoms with Crippen molar-refractivity contribution < 1.29 is 0 Å². The second-order valence-corrected chi connectivity index (χ2v) is 4.97. The fourth-order valence-corrected chi connectivity index (χ4v) is 2.22. The number of aromatic nitrogens is 1. The largest absolute Gasteiger partial charge is 0.399 e. The number of hydrogen-bond donors (Lipinski definition) is 2. The van der Waals surface area contributed by atoms with E-state index in [2.05, 4.69) is 41.5 Å². The summed E-state index contributed by atoms with van der Waals surface area (Å²) in [6, 6.07) is 16.3. The van der Waals surface area contributed by atoms with Gasteiger partial charge in [0, 0.05) is 29.5 Å².